The fourth-order valence-electron chi connectivity index (χ4n) is 2.71. The van der Waals surface area contributed by atoms with Gasteiger partial charge in [0.2, 0.25) is 5.78 Å². The third-order valence-electron chi connectivity index (χ3n) is 4.17. The molecular formula is C20H23NO6S. The molecule has 2 rings (SSSR count). The summed E-state index contributed by atoms with van der Waals surface area (Å²) in [6.45, 7) is 4.83. The lowest BCUT2D eigenvalue weighted by molar-refractivity contribution is -0.143. The van der Waals surface area contributed by atoms with Crippen LogP contribution in [0.25, 0.3) is 0 Å². The van der Waals surface area contributed by atoms with Crippen LogP contribution in [0, 0.1) is 13.8 Å². The fraction of sp³-hybridized carbons (Fsp3) is 0.350. The highest BCUT2D eigenvalue weighted by atomic mass is 32.2. The number of carbonyl (C=O) groups is 3. The molecule has 1 aromatic heterocycles. The molecule has 1 atom stereocenters. The lowest BCUT2D eigenvalue weighted by Gasteiger charge is -2.12. The quantitative estimate of drug-likeness (QED) is 0.409. The Bertz CT molecular complexity index is 872. The maximum Gasteiger partial charge on any atom is 0.339 e. The maximum absolute atomic E-state index is 12.6. The number of thioether (sulfide) groups is 1. The minimum absolute atomic E-state index is 0.0695. The topological polar surface area (TPSA) is 94.7 Å². The molecule has 0 radical (unpaired) electrons. The molecule has 0 aliphatic carbocycles. The SMILES string of the molecule is COC(=O)c1c(C)[nH]c(C(=O)[C@H](C)OC(=O)CSc2ccc(OC)cc2)c1C. The van der Waals surface area contributed by atoms with E-state index < -0.39 is 23.8 Å². The van der Waals surface area contributed by atoms with E-state index in [9.17, 15) is 14.4 Å². The Hall–Kier alpha value is -2.74. The van der Waals surface area contributed by atoms with Gasteiger partial charge in [-0.2, -0.15) is 0 Å². The smallest absolute Gasteiger partial charge is 0.339 e. The molecule has 28 heavy (non-hydrogen) atoms. The summed E-state index contributed by atoms with van der Waals surface area (Å²) in [4.78, 5) is 40.4. The van der Waals surface area contributed by atoms with Crippen molar-refractivity contribution in [3.8, 4) is 5.75 Å². The number of ketones is 1. The number of H-pyrrole nitrogens is 1. The first-order valence-electron chi connectivity index (χ1n) is 8.56. The molecular weight excluding hydrogens is 382 g/mol. The van der Waals surface area contributed by atoms with Crippen LogP contribution in [0.2, 0.25) is 0 Å². The second kappa shape index (κ2) is 9.45. The molecule has 2 aromatic rings. The van der Waals surface area contributed by atoms with Crippen molar-refractivity contribution in [3.63, 3.8) is 0 Å². The second-order valence-corrected chi connectivity index (χ2v) is 7.13. The summed E-state index contributed by atoms with van der Waals surface area (Å²) in [6, 6.07) is 7.28. The number of rotatable bonds is 8. The third-order valence-corrected chi connectivity index (χ3v) is 5.15. The predicted octanol–water partition coefficient (Wildman–Crippen LogP) is 3.33. The minimum atomic E-state index is -0.980. The standard InChI is InChI=1S/C20H23NO6S/c1-11-17(20(24)26-5)12(2)21-18(11)19(23)13(3)27-16(22)10-28-15-8-6-14(25-4)7-9-15/h6-9,13,21H,10H2,1-5H3/t13-/m0/s1. The minimum Gasteiger partial charge on any atom is -0.497 e. The van der Waals surface area contributed by atoms with E-state index in [1.807, 2.05) is 12.1 Å². The average molecular weight is 405 g/mol. The van der Waals surface area contributed by atoms with E-state index in [-0.39, 0.29) is 11.4 Å². The Balaban J connectivity index is 1.98. The Labute approximate surface area is 167 Å². The van der Waals surface area contributed by atoms with Crippen molar-refractivity contribution in [2.75, 3.05) is 20.0 Å². The number of aromatic amines is 1. The zero-order valence-corrected chi connectivity index (χ0v) is 17.3. The molecule has 0 saturated carbocycles. The number of aromatic nitrogens is 1. The summed E-state index contributed by atoms with van der Waals surface area (Å²) in [7, 11) is 2.86. The van der Waals surface area contributed by atoms with Crippen molar-refractivity contribution in [1.29, 1.82) is 0 Å². The van der Waals surface area contributed by atoms with Gasteiger partial charge in [-0.05, 0) is 50.6 Å². The van der Waals surface area contributed by atoms with Gasteiger partial charge in [-0.25, -0.2) is 4.79 Å². The summed E-state index contributed by atoms with van der Waals surface area (Å²) < 4.78 is 15.1. The van der Waals surface area contributed by atoms with Gasteiger partial charge in [0, 0.05) is 10.6 Å². The number of esters is 2. The van der Waals surface area contributed by atoms with Crippen molar-refractivity contribution in [2.45, 2.75) is 31.8 Å². The number of nitrogens with one attached hydrogen (secondary N) is 1. The summed E-state index contributed by atoms with van der Waals surface area (Å²) in [6.07, 6.45) is -0.980. The highest BCUT2D eigenvalue weighted by molar-refractivity contribution is 8.00. The molecule has 8 heteroatoms. The molecule has 0 amide bonds. The number of carbonyl (C=O) groups excluding carboxylic acids is 3. The van der Waals surface area contributed by atoms with Crippen LogP contribution in [0.3, 0.4) is 0 Å². The lowest BCUT2D eigenvalue weighted by atomic mass is 10.1. The number of methoxy groups -OCH3 is 2. The molecule has 0 fully saturated rings. The summed E-state index contributed by atoms with van der Waals surface area (Å²) >= 11 is 1.30. The van der Waals surface area contributed by atoms with Crippen LogP contribution in [-0.2, 0) is 14.3 Å². The highest BCUT2D eigenvalue weighted by Gasteiger charge is 2.27. The van der Waals surface area contributed by atoms with Gasteiger partial charge < -0.3 is 19.2 Å². The van der Waals surface area contributed by atoms with Gasteiger partial charge in [0.1, 0.15) is 5.75 Å². The molecule has 0 aliphatic heterocycles. The van der Waals surface area contributed by atoms with Gasteiger partial charge in [-0.15, -0.1) is 11.8 Å². The predicted molar refractivity (Wildman–Crippen MR) is 105 cm³/mol. The first-order chi connectivity index (χ1) is 13.3. The molecule has 150 valence electrons. The van der Waals surface area contributed by atoms with Crippen LogP contribution >= 0.6 is 11.8 Å². The second-order valence-electron chi connectivity index (χ2n) is 6.08. The molecule has 7 nitrogen and oxygen atoms in total. The van der Waals surface area contributed by atoms with Crippen LogP contribution < -0.4 is 4.74 Å². The summed E-state index contributed by atoms with van der Waals surface area (Å²) in [5, 5.41) is 0. The van der Waals surface area contributed by atoms with E-state index >= 15 is 0 Å². The zero-order chi connectivity index (χ0) is 20.8. The van der Waals surface area contributed by atoms with E-state index in [0.29, 0.717) is 16.8 Å². The molecule has 0 unspecified atom stereocenters. The number of Topliss-reactive ketones (excluding diaryl/α,β-unsaturated/α-hetero) is 1. The Kier molecular flexibility index (Phi) is 7.28. The van der Waals surface area contributed by atoms with Crippen LogP contribution in [0.4, 0.5) is 0 Å². The number of ether oxygens (including phenoxy) is 3. The third kappa shape index (κ3) is 4.95. The van der Waals surface area contributed by atoms with Crippen LogP contribution in [0.5, 0.6) is 5.75 Å². The van der Waals surface area contributed by atoms with E-state index in [4.69, 9.17) is 14.2 Å². The van der Waals surface area contributed by atoms with Gasteiger partial charge in [0.15, 0.2) is 6.10 Å². The monoisotopic (exact) mass is 405 g/mol. The Morgan fingerprint density at radius 1 is 1.11 bits per heavy atom. The molecule has 0 spiro atoms. The first kappa shape index (κ1) is 21.6. The van der Waals surface area contributed by atoms with Gasteiger partial charge in [-0.3, -0.25) is 9.59 Å². The van der Waals surface area contributed by atoms with E-state index in [1.54, 1.807) is 33.1 Å². The van der Waals surface area contributed by atoms with Crippen molar-refractivity contribution < 1.29 is 28.6 Å². The van der Waals surface area contributed by atoms with Crippen molar-refractivity contribution in [1.82, 2.24) is 4.98 Å². The molecule has 1 N–H and O–H groups in total. The summed E-state index contributed by atoms with van der Waals surface area (Å²) in [5.74, 6) is -0.630. The number of aryl methyl sites for hydroxylation is 1. The number of hydrogen-bond donors (Lipinski definition) is 1. The number of hydrogen-bond acceptors (Lipinski definition) is 7. The molecule has 1 aromatic carbocycles. The Morgan fingerprint density at radius 3 is 2.32 bits per heavy atom. The van der Waals surface area contributed by atoms with Crippen LogP contribution in [0.15, 0.2) is 29.2 Å². The molecule has 0 bridgehead atoms. The van der Waals surface area contributed by atoms with E-state index in [0.717, 1.165) is 10.6 Å². The Morgan fingerprint density at radius 2 is 1.75 bits per heavy atom. The average Bonchev–Trinajstić information content (AvgIpc) is 2.99. The first-order valence-corrected chi connectivity index (χ1v) is 9.55. The van der Waals surface area contributed by atoms with Crippen LogP contribution in [-0.4, -0.2) is 48.8 Å². The van der Waals surface area contributed by atoms with Crippen LogP contribution in [0.1, 0.15) is 39.0 Å². The van der Waals surface area contributed by atoms with Crippen molar-refractivity contribution in [3.05, 3.63) is 46.8 Å². The highest BCUT2D eigenvalue weighted by Crippen LogP contribution is 2.23. The van der Waals surface area contributed by atoms with E-state index in [2.05, 4.69) is 4.98 Å². The van der Waals surface area contributed by atoms with E-state index in [1.165, 1.54) is 25.8 Å². The fourth-order valence-corrected chi connectivity index (χ4v) is 3.39. The van der Waals surface area contributed by atoms with Gasteiger partial charge in [0.25, 0.3) is 0 Å². The number of benzene rings is 1. The molecule has 0 aliphatic rings. The van der Waals surface area contributed by atoms with Gasteiger partial charge >= 0.3 is 11.9 Å². The van der Waals surface area contributed by atoms with Gasteiger partial charge in [-0.1, -0.05) is 0 Å². The van der Waals surface area contributed by atoms with Crippen molar-refractivity contribution >= 4 is 29.5 Å². The van der Waals surface area contributed by atoms with Gasteiger partial charge in [0.05, 0.1) is 31.2 Å². The molecule has 0 saturated heterocycles. The zero-order valence-electron chi connectivity index (χ0n) is 16.5. The lowest BCUT2D eigenvalue weighted by Crippen LogP contribution is -2.26. The largest absolute Gasteiger partial charge is 0.497 e. The normalized spacial score (nSPS) is 11.6. The maximum atomic E-state index is 12.6. The molecule has 1 heterocycles. The summed E-state index contributed by atoms with van der Waals surface area (Å²) in [5.41, 5.74) is 1.56. The van der Waals surface area contributed by atoms with Crippen molar-refractivity contribution in [2.24, 2.45) is 0 Å².